The predicted octanol–water partition coefficient (Wildman–Crippen LogP) is 5.63. The van der Waals surface area contributed by atoms with Gasteiger partial charge in [-0.15, -0.1) is 0 Å². The Morgan fingerprint density at radius 3 is 1.68 bits per heavy atom. The van der Waals surface area contributed by atoms with Crippen molar-refractivity contribution in [1.82, 2.24) is 0 Å². The maximum absolute atomic E-state index is 15.2. The molecule has 3 aromatic carbocycles. The molecule has 3 aromatic rings. The van der Waals surface area contributed by atoms with Crippen LogP contribution in [0.2, 0.25) is 0 Å². The number of benzene rings is 3. The van der Waals surface area contributed by atoms with Gasteiger partial charge in [0.25, 0.3) is 0 Å². The largest absolute Gasteiger partial charge is 0.242 e. The zero-order chi connectivity index (χ0) is 14.9. The summed E-state index contributed by atoms with van der Waals surface area (Å²) >= 11 is 0. The Balaban J connectivity index is 1.90. The molecule has 0 saturated heterocycles. The van der Waals surface area contributed by atoms with Crippen LogP contribution in [0.1, 0.15) is 40.3 Å². The molecule has 0 fully saturated rings. The highest BCUT2D eigenvalue weighted by Gasteiger charge is 2.42. The highest BCUT2D eigenvalue weighted by molar-refractivity contribution is 5.49. The van der Waals surface area contributed by atoms with Gasteiger partial charge >= 0.3 is 0 Å². The summed E-state index contributed by atoms with van der Waals surface area (Å²) in [6.45, 7) is 0. The molecule has 22 heavy (non-hydrogen) atoms. The minimum Gasteiger partial charge on any atom is -0.242 e. The van der Waals surface area contributed by atoms with Crippen molar-refractivity contribution in [2.45, 2.75) is 18.0 Å². The lowest BCUT2D eigenvalue weighted by Gasteiger charge is -2.23. The summed E-state index contributed by atoms with van der Waals surface area (Å²) in [5, 5.41) is 0. The van der Waals surface area contributed by atoms with E-state index in [0.717, 1.165) is 16.7 Å². The molecule has 0 saturated carbocycles. The summed E-state index contributed by atoms with van der Waals surface area (Å²) in [5.41, 5.74) is 4.21. The summed E-state index contributed by atoms with van der Waals surface area (Å²) in [6, 6.07) is 28.3. The predicted molar refractivity (Wildman–Crippen MR) is 87.8 cm³/mol. The number of halogens is 1. The van der Waals surface area contributed by atoms with Crippen LogP contribution in [-0.2, 0) is 0 Å². The lowest BCUT2D eigenvalue weighted by Crippen LogP contribution is -2.09. The minimum atomic E-state index is -0.955. The molecule has 3 unspecified atom stereocenters. The van der Waals surface area contributed by atoms with Crippen molar-refractivity contribution in [3.05, 3.63) is 107 Å². The SMILES string of the molecule is FC1c2ccccc2C(c2ccccc2)C1c1ccccc1. The van der Waals surface area contributed by atoms with Gasteiger partial charge in [0.1, 0.15) is 6.17 Å². The van der Waals surface area contributed by atoms with Crippen LogP contribution in [0.3, 0.4) is 0 Å². The monoisotopic (exact) mass is 288 g/mol. The fraction of sp³-hybridized carbons (Fsp3) is 0.143. The van der Waals surface area contributed by atoms with Crippen LogP contribution in [0.15, 0.2) is 84.9 Å². The van der Waals surface area contributed by atoms with Crippen LogP contribution in [0.4, 0.5) is 4.39 Å². The van der Waals surface area contributed by atoms with Gasteiger partial charge < -0.3 is 0 Å². The van der Waals surface area contributed by atoms with E-state index in [4.69, 9.17) is 0 Å². The number of fused-ring (bicyclic) bond motifs is 1. The van der Waals surface area contributed by atoms with Crippen molar-refractivity contribution >= 4 is 0 Å². The zero-order valence-electron chi connectivity index (χ0n) is 12.2. The van der Waals surface area contributed by atoms with Crippen molar-refractivity contribution < 1.29 is 4.39 Å². The molecule has 0 heterocycles. The smallest absolute Gasteiger partial charge is 0.133 e. The molecule has 1 aliphatic carbocycles. The summed E-state index contributed by atoms with van der Waals surface area (Å²) in [7, 11) is 0. The molecular weight excluding hydrogens is 271 g/mol. The van der Waals surface area contributed by atoms with E-state index in [9.17, 15) is 0 Å². The standard InChI is InChI=1S/C21H17F/c22-21-18-14-8-7-13-17(18)19(15-9-3-1-4-10-15)20(21)16-11-5-2-6-12-16/h1-14,19-21H. The molecule has 0 radical (unpaired) electrons. The van der Waals surface area contributed by atoms with Crippen LogP contribution < -0.4 is 0 Å². The third-order valence-corrected chi connectivity index (χ3v) is 4.65. The number of alkyl halides is 1. The van der Waals surface area contributed by atoms with Crippen LogP contribution in [0.25, 0.3) is 0 Å². The first-order chi connectivity index (χ1) is 10.9. The fourth-order valence-corrected chi connectivity index (χ4v) is 3.69. The van der Waals surface area contributed by atoms with E-state index in [1.807, 2.05) is 66.7 Å². The summed E-state index contributed by atoms with van der Waals surface area (Å²) in [4.78, 5) is 0. The fourth-order valence-electron chi connectivity index (χ4n) is 3.69. The number of rotatable bonds is 2. The molecule has 0 amide bonds. The average molecular weight is 288 g/mol. The third-order valence-electron chi connectivity index (χ3n) is 4.65. The molecule has 0 bridgehead atoms. The molecule has 3 atom stereocenters. The lowest BCUT2D eigenvalue weighted by atomic mass is 9.81. The molecule has 0 nitrogen and oxygen atoms in total. The molecule has 108 valence electrons. The Morgan fingerprint density at radius 1 is 0.545 bits per heavy atom. The number of hydrogen-bond donors (Lipinski definition) is 0. The van der Waals surface area contributed by atoms with Gasteiger partial charge in [-0.25, -0.2) is 4.39 Å². The van der Waals surface area contributed by atoms with Gasteiger partial charge in [-0.05, 0) is 22.3 Å². The molecule has 1 heteroatoms. The first kappa shape index (κ1) is 13.3. The van der Waals surface area contributed by atoms with Crippen molar-refractivity contribution in [3.8, 4) is 0 Å². The van der Waals surface area contributed by atoms with E-state index >= 15 is 4.39 Å². The second-order valence-electron chi connectivity index (χ2n) is 5.86. The van der Waals surface area contributed by atoms with Crippen molar-refractivity contribution in [3.63, 3.8) is 0 Å². The van der Waals surface area contributed by atoms with E-state index in [0.29, 0.717) is 0 Å². The van der Waals surface area contributed by atoms with E-state index in [1.165, 1.54) is 5.56 Å². The van der Waals surface area contributed by atoms with Crippen LogP contribution in [0, 0.1) is 0 Å². The van der Waals surface area contributed by atoms with Gasteiger partial charge in [0.2, 0.25) is 0 Å². The van der Waals surface area contributed by atoms with Crippen molar-refractivity contribution in [2.75, 3.05) is 0 Å². The van der Waals surface area contributed by atoms with Gasteiger partial charge in [-0.2, -0.15) is 0 Å². The first-order valence-electron chi connectivity index (χ1n) is 7.69. The Bertz CT molecular complexity index is 764. The lowest BCUT2D eigenvalue weighted by molar-refractivity contribution is 0.297. The Labute approximate surface area is 130 Å². The Hall–Kier alpha value is -2.41. The Kier molecular flexibility index (Phi) is 3.27. The van der Waals surface area contributed by atoms with Gasteiger partial charge in [-0.1, -0.05) is 84.9 Å². The van der Waals surface area contributed by atoms with E-state index in [-0.39, 0.29) is 11.8 Å². The van der Waals surface area contributed by atoms with Gasteiger partial charge in [-0.3, -0.25) is 0 Å². The molecule has 1 aliphatic rings. The topological polar surface area (TPSA) is 0 Å². The number of hydrogen-bond acceptors (Lipinski definition) is 0. The molecule has 0 N–H and O–H groups in total. The third kappa shape index (κ3) is 2.05. The second-order valence-corrected chi connectivity index (χ2v) is 5.86. The molecule has 0 aliphatic heterocycles. The van der Waals surface area contributed by atoms with Crippen molar-refractivity contribution in [1.29, 1.82) is 0 Å². The molecule has 4 rings (SSSR count). The highest BCUT2D eigenvalue weighted by Crippen LogP contribution is 2.55. The first-order valence-corrected chi connectivity index (χ1v) is 7.69. The van der Waals surface area contributed by atoms with Crippen molar-refractivity contribution in [2.24, 2.45) is 0 Å². The van der Waals surface area contributed by atoms with Crippen LogP contribution in [0.5, 0.6) is 0 Å². The Morgan fingerprint density at radius 2 is 1.05 bits per heavy atom. The summed E-state index contributed by atoms with van der Waals surface area (Å²) < 4.78 is 15.2. The summed E-state index contributed by atoms with van der Waals surface area (Å²) in [6.07, 6.45) is -0.955. The second kappa shape index (κ2) is 5.42. The highest BCUT2D eigenvalue weighted by atomic mass is 19.1. The van der Waals surface area contributed by atoms with E-state index in [2.05, 4.69) is 18.2 Å². The van der Waals surface area contributed by atoms with Gasteiger partial charge in [0, 0.05) is 11.8 Å². The maximum Gasteiger partial charge on any atom is 0.133 e. The van der Waals surface area contributed by atoms with Gasteiger partial charge in [0.05, 0.1) is 0 Å². The quantitative estimate of drug-likeness (QED) is 0.573. The normalized spacial score (nSPS) is 23.2. The minimum absolute atomic E-state index is 0.0785. The molecule has 0 aromatic heterocycles. The maximum atomic E-state index is 15.2. The molecular formula is C21H17F. The van der Waals surface area contributed by atoms with Crippen LogP contribution >= 0.6 is 0 Å². The summed E-state index contributed by atoms with van der Waals surface area (Å²) in [5.74, 6) is -0.0733. The zero-order valence-corrected chi connectivity index (χ0v) is 12.2. The molecule has 0 spiro atoms. The van der Waals surface area contributed by atoms with E-state index in [1.54, 1.807) is 0 Å². The van der Waals surface area contributed by atoms with Gasteiger partial charge in [0.15, 0.2) is 0 Å². The average Bonchev–Trinajstić information content (AvgIpc) is 2.90. The van der Waals surface area contributed by atoms with E-state index < -0.39 is 6.17 Å². The van der Waals surface area contributed by atoms with Crippen LogP contribution in [-0.4, -0.2) is 0 Å².